The molecule has 0 saturated heterocycles. The lowest BCUT2D eigenvalue weighted by atomic mass is 10.1. The van der Waals surface area contributed by atoms with Gasteiger partial charge in [-0.3, -0.25) is 0 Å². The molecule has 0 atom stereocenters. The standard InChI is InChI=1S/C13H17N3O3/c1-3-6-18-8-12-15-13(19-16-12)10-7-9(17-2)4-5-11(10)14/h4-5,7H,3,6,8,14H2,1-2H3. The van der Waals surface area contributed by atoms with E-state index in [0.717, 1.165) is 6.42 Å². The summed E-state index contributed by atoms with van der Waals surface area (Å²) in [5.74, 6) is 1.56. The molecule has 0 amide bonds. The summed E-state index contributed by atoms with van der Waals surface area (Å²) in [6.07, 6.45) is 0.952. The molecule has 0 bridgehead atoms. The Balaban J connectivity index is 2.17. The van der Waals surface area contributed by atoms with E-state index in [4.69, 9.17) is 19.7 Å². The molecule has 0 radical (unpaired) electrons. The van der Waals surface area contributed by atoms with Crippen molar-refractivity contribution in [3.8, 4) is 17.2 Å². The van der Waals surface area contributed by atoms with Crippen LogP contribution in [-0.2, 0) is 11.3 Å². The fourth-order valence-electron chi connectivity index (χ4n) is 1.58. The van der Waals surface area contributed by atoms with Gasteiger partial charge in [0.1, 0.15) is 12.4 Å². The summed E-state index contributed by atoms with van der Waals surface area (Å²) in [6, 6.07) is 5.28. The molecular formula is C13H17N3O3. The van der Waals surface area contributed by atoms with E-state index in [0.29, 0.717) is 41.9 Å². The highest BCUT2D eigenvalue weighted by atomic mass is 16.5. The molecule has 0 spiro atoms. The Morgan fingerprint density at radius 1 is 1.37 bits per heavy atom. The largest absolute Gasteiger partial charge is 0.497 e. The lowest BCUT2D eigenvalue weighted by molar-refractivity contribution is 0.114. The van der Waals surface area contributed by atoms with Crippen molar-refractivity contribution in [2.75, 3.05) is 19.5 Å². The first-order valence-corrected chi connectivity index (χ1v) is 6.08. The normalized spacial score (nSPS) is 10.6. The second-order valence-corrected chi connectivity index (χ2v) is 4.02. The summed E-state index contributed by atoms with van der Waals surface area (Å²) in [7, 11) is 1.59. The molecule has 6 heteroatoms. The summed E-state index contributed by atoms with van der Waals surface area (Å²) in [4.78, 5) is 4.25. The zero-order valence-electron chi connectivity index (χ0n) is 11.0. The summed E-state index contributed by atoms with van der Waals surface area (Å²) in [6.45, 7) is 3.05. The number of hydrogen-bond acceptors (Lipinski definition) is 6. The smallest absolute Gasteiger partial charge is 0.260 e. The van der Waals surface area contributed by atoms with E-state index >= 15 is 0 Å². The molecule has 1 aromatic carbocycles. The van der Waals surface area contributed by atoms with E-state index in [1.54, 1.807) is 25.3 Å². The van der Waals surface area contributed by atoms with Crippen molar-refractivity contribution < 1.29 is 14.0 Å². The maximum Gasteiger partial charge on any atom is 0.260 e. The second-order valence-electron chi connectivity index (χ2n) is 4.02. The van der Waals surface area contributed by atoms with Gasteiger partial charge >= 0.3 is 0 Å². The summed E-state index contributed by atoms with van der Waals surface area (Å²) in [5.41, 5.74) is 7.11. The SMILES string of the molecule is CCCOCc1noc(-c2cc(OC)ccc2N)n1. The predicted octanol–water partition coefficient (Wildman–Crippen LogP) is 2.25. The highest BCUT2D eigenvalue weighted by Crippen LogP contribution is 2.28. The Bertz CT molecular complexity index is 540. The zero-order valence-corrected chi connectivity index (χ0v) is 11.0. The van der Waals surface area contributed by atoms with Gasteiger partial charge in [-0.05, 0) is 24.6 Å². The molecule has 0 saturated carbocycles. The number of benzene rings is 1. The van der Waals surface area contributed by atoms with E-state index < -0.39 is 0 Å². The minimum Gasteiger partial charge on any atom is -0.497 e. The average Bonchev–Trinajstić information content (AvgIpc) is 2.88. The lowest BCUT2D eigenvalue weighted by Gasteiger charge is -2.03. The summed E-state index contributed by atoms with van der Waals surface area (Å²) >= 11 is 0. The highest BCUT2D eigenvalue weighted by molar-refractivity contribution is 5.72. The number of ether oxygens (including phenoxy) is 2. The molecule has 2 N–H and O–H groups in total. The first-order valence-electron chi connectivity index (χ1n) is 6.08. The maximum absolute atomic E-state index is 5.89. The van der Waals surface area contributed by atoms with Gasteiger partial charge < -0.3 is 19.7 Å². The Kier molecular flexibility index (Phi) is 4.35. The third-order valence-electron chi connectivity index (χ3n) is 2.54. The number of aromatic nitrogens is 2. The van der Waals surface area contributed by atoms with Gasteiger partial charge in [-0.15, -0.1) is 0 Å². The van der Waals surface area contributed by atoms with Crippen LogP contribution in [0, 0.1) is 0 Å². The van der Waals surface area contributed by atoms with Crippen LogP contribution in [0.25, 0.3) is 11.5 Å². The van der Waals surface area contributed by atoms with Gasteiger partial charge in [0.05, 0.1) is 12.7 Å². The van der Waals surface area contributed by atoms with Gasteiger partial charge in [0.2, 0.25) is 0 Å². The molecule has 2 aromatic rings. The third kappa shape index (κ3) is 3.23. The number of nitrogens with zero attached hydrogens (tertiary/aromatic N) is 2. The molecule has 2 rings (SSSR count). The number of rotatable bonds is 6. The van der Waals surface area contributed by atoms with Crippen molar-refractivity contribution in [3.05, 3.63) is 24.0 Å². The van der Waals surface area contributed by atoms with Crippen molar-refractivity contribution in [1.29, 1.82) is 0 Å². The average molecular weight is 263 g/mol. The molecule has 1 aromatic heterocycles. The van der Waals surface area contributed by atoms with Crippen molar-refractivity contribution in [3.63, 3.8) is 0 Å². The van der Waals surface area contributed by atoms with Crippen molar-refractivity contribution in [2.45, 2.75) is 20.0 Å². The quantitative estimate of drug-likeness (QED) is 0.635. The molecule has 102 valence electrons. The fraction of sp³-hybridized carbons (Fsp3) is 0.385. The second kappa shape index (κ2) is 6.19. The van der Waals surface area contributed by atoms with Crippen LogP contribution in [-0.4, -0.2) is 23.9 Å². The Labute approximate surface area is 111 Å². The van der Waals surface area contributed by atoms with Gasteiger partial charge in [0.15, 0.2) is 5.82 Å². The van der Waals surface area contributed by atoms with E-state index in [-0.39, 0.29) is 0 Å². The Hall–Kier alpha value is -2.08. The fourth-order valence-corrected chi connectivity index (χ4v) is 1.58. The van der Waals surface area contributed by atoms with Crippen LogP contribution in [0.4, 0.5) is 5.69 Å². The van der Waals surface area contributed by atoms with Crippen LogP contribution in [0.2, 0.25) is 0 Å². The van der Waals surface area contributed by atoms with Gasteiger partial charge in [0.25, 0.3) is 5.89 Å². The molecule has 0 aliphatic rings. The first kappa shape index (κ1) is 13.4. The van der Waals surface area contributed by atoms with Crippen LogP contribution in [0.3, 0.4) is 0 Å². The number of methoxy groups -OCH3 is 1. The van der Waals surface area contributed by atoms with Crippen LogP contribution in [0.15, 0.2) is 22.7 Å². The molecule has 1 heterocycles. The minimum atomic E-state index is 0.335. The van der Waals surface area contributed by atoms with E-state index in [1.807, 2.05) is 6.92 Å². The molecule has 19 heavy (non-hydrogen) atoms. The van der Waals surface area contributed by atoms with Crippen molar-refractivity contribution in [2.24, 2.45) is 0 Å². The number of hydrogen-bond donors (Lipinski definition) is 1. The molecule has 0 fully saturated rings. The Morgan fingerprint density at radius 2 is 2.21 bits per heavy atom. The predicted molar refractivity (Wildman–Crippen MR) is 70.6 cm³/mol. The zero-order chi connectivity index (χ0) is 13.7. The van der Waals surface area contributed by atoms with Crippen LogP contribution >= 0.6 is 0 Å². The van der Waals surface area contributed by atoms with E-state index in [1.165, 1.54) is 0 Å². The maximum atomic E-state index is 5.89. The monoisotopic (exact) mass is 263 g/mol. The molecule has 0 aliphatic heterocycles. The van der Waals surface area contributed by atoms with Crippen LogP contribution in [0.1, 0.15) is 19.2 Å². The number of nitrogen functional groups attached to an aromatic ring is 1. The molecule has 6 nitrogen and oxygen atoms in total. The van der Waals surface area contributed by atoms with Crippen molar-refractivity contribution >= 4 is 5.69 Å². The number of anilines is 1. The van der Waals surface area contributed by atoms with Crippen LogP contribution < -0.4 is 10.5 Å². The Morgan fingerprint density at radius 3 is 2.95 bits per heavy atom. The summed E-state index contributed by atoms with van der Waals surface area (Å²) < 4.78 is 15.7. The van der Waals surface area contributed by atoms with Gasteiger partial charge in [0, 0.05) is 12.3 Å². The van der Waals surface area contributed by atoms with Gasteiger partial charge in [-0.25, -0.2) is 0 Å². The van der Waals surface area contributed by atoms with E-state index in [9.17, 15) is 0 Å². The molecule has 0 unspecified atom stereocenters. The third-order valence-corrected chi connectivity index (χ3v) is 2.54. The molecular weight excluding hydrogens is 246 g/mol. The van der Waals surface area contributed by atoms with Gasteiger partial charge in [-0.1, -0.05) is 12.1 Å². The van der Waals surface area contributed by atoms with Gasteiger partial charge in [-0.2, -0.15) is 4.98 Å². The topological polar surface area (TPSA) is 83.4 Å². The lowest BCUT2D eigenvalue weighted by Crippen LogP contribution is -1.96. The van der Waals surface area contributed by atoms with Crippen molar-refractivity contribution in [1.82, 2.24) is 10.1 Å². The first-order chi connectivity index (χ1) is 9.24. The molecule has 0 aliphatic carbocycles. The van der Waals surface area contributed by atoms with E-state index in [2.05, 4.69) is 10.1 Å². The van der Waals surface area contributed by atoms with Crippen LogP contribution in [0.5, 0.6) is 5.75 Å². The highest BCUT2D eigenvalue weighted by Gasteiger charge is 2.12. The summed E-state index contributed by atoms with van der Waals surface area (Å²) in [5, 5.41) is 3.85. The minimum absolute atomic E-state index is 0.335. The number of nitrogens with two attached hydrogens (primary N) is 1.